The summed E-state index contributed by atoms with van der Waals surface area (Å²) >= 11 is 1.55. The van der Waals surface area contributed by atoms with Gasteiger partial charge in [-0.25, -0.2) is 9.59 Å². The Hall–Kier alpha value is -5.22. The van der Waals surface area contributed by atoms with Gasteiger partial charge in [-0.3, -0.25) is 9.97 Å². The fourth-order valence-electron chi connectivity index (χ4n) is 4.35. The maximum atomic E-state index is 11.9. The largest absolute Gasteiger partial charge is 0.478 e. The number of rotatable bonds is 7. The molecule has 0 saturated carbocycles. The monoisotopic (exact) mass is 551 g/mol. The Morgan fingerprint density at radius 2 is 1.60 bits per heavy atom. The van der Waals surface area contributed by atoms with Gasteiger partial charge in [-0.1, -0.05) is 0 Å². The molecule has 198 valence electrons. The van der Waals surface area contributed by atoms with Gasteiger partial charge >= 0.3 is 11.9 Å². The van der Waals surface area contributed by atoms with Crippen molar-refractivity contribution in [1.29, 1.82) is 0 Å². The van der Waals surface area contributed by atoms with Gasteiger partial charge in [0.25, 0.3) is 0 Å². The zero-order valence-electron chi connectivity index (χ0n) is 21.0. The maximum absolute atomic E-state index is 11.9. The van der Waals surface area contributed by atoms with E-state index >= 15 is 0 Å². The molecule has 0 amide bonds. The molecule has 6 heterocycles. The van der Waals surface area contributed by atoms with Gasteiger partial charge in [0.2, 0.25) is 0 Å². The number of furan rings is 2. The summed E-state index contributed by atoms with van der Waals surface area (Å²) in [6.07, 6.45) is 6.05. The SMILES string of the molecule is Cc1ccc(-c2ccc(-c3ccc(-c4ccnc(C5=CC(C(=O)O)=CC(c6cc(C(=O)O)ccn6)N5)c4)s3)o2)o1. The fourth-order valence-corrected chi connectivity index (χ4v) is 5.32. The number of thiophene rings is 1. The fraction of sp³-hybridized carbons (Fsp3) is 0.0667. The molecular weight excluding hydrogens is 530 g/mol. The van der Waals surface area contributed by atoms with E-state index in [1.807, 2.05) is 55.5 Å². The van der Waals surface area contributed by atoms with Crippen LogP contribution in [0, 0.1) is 6.92 Å². The Bertz CT molecular complexity index is 1830. The number of aromatic carboxylic acids is 1. The number of nitrogens with one attached hydrogen (secondary N) is 1. The van der Waals surface area contributed by atoms with Gasteiger partial charge in [0.1, 0.15) is 11.5 Å². The third-order valence-corrected chi connectivity index (χ3v) is 7.46. The van der Waals surface area contributed by atoms with E-state index in [1.165, 1.54) is 30.5 Å². The number of aryl methyl sites for hydroxylation is 1. The van der Waals surface area contributed by atoms with Crippen LogP contribution in [0.2, 0.25) is 0 Å². The molecule has 3 N–H and O–H groups in total. The molecule has 0 aromatic carbocycles. The summed E-state index contributed by atoms with van der Waals surface area (Å²) in [5.41, 5.74) is 2.40. The molecule has 0 fully saturated rings. The molecule has 1 aliphatic rings. The first-order chi connectivity index (χ1) is 19.3. The first kappa shape index (κ1) is 25.1. The van der Waals surface area contributed by atoms with Crippen molar-refractivity contribution in [2.75, 3.05) is 0 Å². The Labute approximate surface area is 231 Å². The molecule has 0 bridgehead atoms. The molecule has 0 radical (unpaired) electrons. The molecule has 0 saturated heterocycles. The van der Waals surface area contributed by atoms with Crippen molar-refractivity contribution in [2.45, 2.75) is 13.0 Å². The van der Waals surface area contributed by atoms with Crippen molar-refractivity contribution in [2.24, 2.45) is 0 Å². The van der Waals surface area contributed by atoms with E-state index in [9.17, 15) is 19.8 Å². The predicted molar refractivity (Wildman–Crippen MR) is 148 cm³/mol. The quantitative estimate of drug-likeness (QED) is 0.209. The summed E-state index contributed by atoms with van der Waals surface area (Å²) in [5.74, 6) is 0.653. The van der Waals surface area contributed by atoms with Crippen LogP contribution < -0.4 is 5.32 Å². The second kappa shape index (κ2) is 10.2. The maximum Gasteiger partial charge on any atom is 0.335 e. The van der Waals surface area contributed by atoms with E-state index in [4.69, 9.17) is 8.83 Å². The van der Waals surface area contributed by atoms with Crippen LogP contribution in [-0.2, 0) is 4.79 Å². The van der Waals surface area contributed by atoms with E-state index in [-0.39, 0.29) is 11.1 Å². The van der Waals surface area contributed by atoms with Crippen LogP contribution in [0.25, 0.3) is 38.3 Å². The number of carbonyl (C=O) groups is 2. The van der Waals surface area contributed by atoms with E-state index in [2.05, 4.69) is 15.3 Å². The number of pyridine rings is 2. The van der Waals surface area contributed by atoms with Gasteiger partial charge in [-0.2, -0.15) is 0 Å². The summed E-state index contributed by atoms with van der Waals surface area (Å²) in [6.45, 7) is 1.88. The van der Waals surface area contributed by atoms with Gasteiger partial charge in [-0.05, 0) is 85.3 Å². The lowest BCUT2D eigenvalue weighted by atomic mass is 10.00. The van der Waals surface area contributed by atoms with Gasteiger partial charge in [-0.15, -0.1) is 11.3 Å². The van der Waals surface area contributed by atoms with Crippen molar-refractivity contribution in [1.82, 2.24) is 15.3 Å². The van der Waals surface area contributed by atoms with Crippen LogP contribution in [0.5, 0.6) is 0 Å². The molecule has 5 aromatic heterocycles. The Morgan fingerprint density at radius 3 is 2.38 bits per heavy atom. The number of carboxylic acid groups (broad SMARTS) is 2. The van der Waals surface area contributed by atoms with Gasteiger partial charge < -0.3 is 24.4 Å². The lowest BCUT2D eigenvalue weighted by Gasteiger charge is -2.23. The van der Waals surface area contributed by atoms with Crippen molar-refractivity contribution in [3.05, 3.63) is 113 Å². The highest BCUT2D eigenvalue weighted by molar-refractivity contribution is 7.18. The summed E-state index contributed by atoms with van der Waals surface area (Å²) in [7, 11) is 0. The second-order valence-corrected chi connectivity index (χ2v) is 10.1. The van der Waals surface area contributed by atoms with Crippen LogP contribution in [0.4, 0.5) is 0 Å². The molecule has 40 heavy (non-hydrogen) atoms. The molecule has 0 spiro atoms. The zero-order chi connectivity index (χ0) is 27.8. The summed E-state index contributed by atoms with van der Waals surface area (Å²) < 4.78 is 11.7. The lowest BCUT2D eigenvalue weighted by Crippen LogP contribution is -2.25. The summed E-state index contributed by atoms with van der Waals surface area (Å²) in [5, 5.41) is 22.3. The molecule has 1 atom stereocenters. The summed E-state index contributed by atoms with van der Waals surface area (Å²) in [4.78, 5) is 34.0. The van der Waals surface area contributed by atoms with Crippen LogP contribution >= 0.6 is 11.3 Å². The molecule has 0 aliphatic carbocycles. The standard InChI is InChI=1S/C30H21N3O6S/c1-16-2-3-24(38-16)25-4-5-26(39-25)28-7-6-27(40-28)17-8-10-31-20(12-17)22-14-19(30(36)37)15-23(33-22)21-13-18(29(34)35)9-11-32-21/h2-15,23,33H,1H3,(H,34,35)(H,36,37). The van der Waals surface area contributed by atoms with Crippen molar-refractivity contribution < 1.29 is 28.6 Å². The molecule has 10 heteroatoms. The number of aliphatic carboxylic acids is 1. The highest BCUT2D eigenvalue weighted by Gasteiger charge is 2.23. The van der Waals surface area contributed by atoms with Crippen LogP contribution in [-0.4, -0.2) is 32.1 Å². The Kier molecular flexibility index (Phi) is 6.37. The van der Waals surface area contributed by atoms with Gasteiger partial charge in [0.05, 0.1) is 39.1 Å². The number of dihydropyridines is 1. The summed E-state index contributed by atoms with van der Waals surface area (Å²) in [6, 6.07) is 17.4. The van der Waals surface area contributed by atoms with Crippen molar-refractivity contribution in [3.8, 4) is 32.6 Å². The number of nitrogens with zero attached hydrogens (tertiary/aromatic N) is 2. The molecule has 9 nitrogen and oxygen atoms in total. The highest BCUT2D eigenvalue weighted by Crippen LogP contribution is 2.38. The number of hydrogen-bond donors (Lipinski definition) is 3. The molecule has 1 unspecified atom stereocenters. The number of hydrogen-bond acceptors (Lipinski definition) is 8. The molecule has 5 aromatic rings. The molecule has 1 aliphatic heterocycles. The minimum atomic E-state index is -1.11. The minimum Gasteiger partial charge on any atom is -0.478 e. The van der Waals surface area contributed by atoms with Crippen LogP contribution in [0.1, 0.15) is 33.5 Å². The van der Waals surface area contributed by atoms with E-state index in [0.717, 1.165) is 26.8 Å². The lowest BCUT2D eigenvalue weighted by molar-refractivity contribution is -0.132. The first-order valence-electron chi connectivity index (χ1n) is 12.2. The third-order valence-electron chi connectivity index (χ3n) is 6.31. The molecular formula is C30H21N3O6S. The molecule has 6 rings (SSSR count). The average Bonchev–Trinajstić information content (AvgIpc) is 3.74. The van der Waals surface area contributed by atoms with E-state index < -0.39 is 18.0 Å². The normalized spacial score (nSPS) is 14.8. The van der Waals surface area contributed by atoms with Crippen molar-refractivity contribution in [3.63, 3.8) is 0 Å². The minimum absolute atomic E-state index is 0.0484. The van der Waals surface area contributed by atoms with E-state index in [0.29, 0.717) is 28.6 Å². The third kappa shape index (κ3) is 4.95. The van der Waals surface area contributed by atoms with Crippen molar-refractivity contribution >= 4 is 29.0 Å². The van der Waals surface area contributed by atoms with E-state index in [1.54, 1.807) is 17.5 Å². The average molecular weight is 552 g/mol. The van der Waals surface area contributed by atoms with Gasteiger partial charge in [0, 0.05) is 17.3 Å². The van der Waals surface area contributed by atoms with Crippen LogP contribution in [0.15, 0.2) is 99.6 Å². The zero-order valence-corrected chi connectivity index (χ0v) is 21.8. The number of aromatic nitrogens is 2. The first-order valence-corrected chi connectivity index (χ1v) is 13.0. The van der Waals surface area contributed by atoms with Gasteiger partial charge in [0.15, 0.2) is 11.5 Å². The highest BCUT2D eigenvalue weighted by atomic mass is 32.1. The predicted octanol–water partition coefficient (Wildman–Crippen LogP) is 6.43. The van der Waals surface area contributed by atoms with Crippen LogP contribution in [0.3, 0.4) is 0 Å². The Morgan fingerprint density at radius 1 is 0.850 bits per heavy atom. The topological polar surface area (TPSA) is 139 Å². The number of carboxylic acids is 2. The second-order valence-electron chi connectivity index (χ2n) is 9.05. The smallest absolute Gasteiger partial charge is 0.335 e. The Balaban J connectivity index is 1.28.